The number of aliphatic hydroxyl groups is 1. The van der Waals surface area contributed by atoms with E-state index >= 15 is 0 Å². The van der Waals surface area contributed by atoms with Gasteiger partial charge in [0, 0.05) is 13.1 Å². The van der Waals surface area contributed by atoms with Gasteiger partial charge in [-0.2, -0.15) is 5.10 Å². The monoisotopic (exact) mass is 293 g/mol. The van der Waals surface area contributed by atoms with Gasteiger partial charge in [-0.1, -0.05) is 6.07 Å². The molecule has 110 valence electrons. The molecule has 0 radical (unpaired) electrons. The number of carbonyl (C=O) groups is 1. The second-order valence-corrected chi connectivity index (χ2v) is 4.95. The molecule has 0 aliphatic carbocycles. The van der Waals surface area contributed by atoms with Gasteiger partial charge in [-0.3, -0.25) is 9.89 Å². The first kappa shape index (κ1) is 13.7. The summed E-state index contributed by atoms with van der Waals surface area (Å²) in [5.41, 5.74) is -0.205. The van der Waals surface area contributed by atoms with Crippen LogP contribution < -0.4 is 0 Å². The molecule has 1 aliphatic heterocycles. The van der Waals surface area contributed by atoms with E-state index < -0.39 is 23.6 Å². The number of nitrogens with zero attached hydrogens (tertiary/aromatic N) is 2. The highest BCUT2D eigenvalue weighted by Gasteiger charge is 2.29. The molecule has 7 heteroatoms. The molecular formula is C14H13F2N3O2. The number of aromatic amines is 1. The summed E-state index contributed by atoms with van der Waals surface area (Å²) in [5, 5.41) is 15.7. The van der Waals surface area contributed by atoms with Gasteiger partial charge in [-0.15, -0.1) is 0 Å². The molecule has 1 atom stereocenters. The maximum atomic E-state index is 13.8. The number of aromatic nitrogens is 2. The highest BCUT2D eigenvalue weighted by molar-refractivity contribution is 6.00. The zero-order valence-corrected chi connectivity index (χ0v) is 11.0. The summed E-state index contributed by atoms with van der Waals surface area (Å²) in [4.78, 5) is 13.8. The summed E-state index contributed by atoms with van der Waals surface area (Å²) in [6.45, 7) is 0.619. The van der Waals surface area contributed by atoms with Crippen molar-refractivity contribution in [3.63, 3.8) is 0 Å². The largest absolute Gasteiger partial charge is 0.391 e. The number of halogens is 2. The zero-order valence-electron chi connectivity index (χ0n) is 11.0. The van der Waals surface area contributed by atoms with Crippen molar-refractivity contribution in [1.82, 2.24) is 15.1 Å². The van der Waals surface area contributed by atoms with Crippen molar-refractivity contribution in [1.29, 1.82) is 0 Å². The molecule has 2 aromatic rings. The number of amides is 1. The number of aliphatic hydroxyl groups excluding tert-OH is 1. The molecule has 1 saturated heterocycles. The van der Waals surface area contributed by atoms with E-state index in [0.717, 1.165) is 12.1 Å². The summed E-state index contributed by atoms with van der Waals surface area (Å²) in [7, 11) is 0. The molecule has 0 saturated carbocycles. The fourth-order valence-electron chi connectivity index (χ4n) is 2.47. The molecule has 0 spiro atoms. The predicted octanol–water partition coefficient (Wildman–Crippen LogP) is 1.56. The Balaban J connectivity index is 2.00. The van der Waals surface area contributed by atoms with Gasteiger partial charge >= 0.3 is 0 Å². The first-order chi connectivity index (χ1) is 10.1. The van der Waals surface area contributed by atoms with Crippen molar-refractivity contribution in [3.05, 3.63) is 41.6 Å². The first-order valence-corrected chi connectivity index (χ1v) is 6.53. The van der Waals surface area contributed by atoms with Crippen LogP contribution in [0, 0.1) is 11.6 Å². The van der Waals surface area contributed by atoms with Crippen LogP contribution in [0.25, 0.3) is 11.3 Å². The van der Waals surface area contributed by atoms with Crippen LogP contribution in [0.5, 0.6) is 0 Å². The third-order valence-corrected chi connectivity index (χ3v) is 3.53. The fourth-order valence-corrected chi connectivity index (χ4v) is 2.47. The van der Waals surface area contributed by atoms with Gasteiger partial charge in [0.2, 0.25) is 0 Å². The number of likely N-dealkylation sites (tertiary alicyclic amines) is 1. The summed E-state index contributed by atoms with van der Waals surface area (Å²) in [6.07, 6.45) is 1.18. The minimum Gasteiger partial charge on any atom is -0.391 e. The minimum atomic E-state index is -0.769. The summed E-state index contributed by atoms with van der Waals surface area (Å²) in [6, 6.07) is 3.49. The molecule has 3 rings (SSSR count). The third-order valence-electron chi connectivity index (χ3n) is 3.53. The molecule has 2 N–H and O–H groups in total. The molecule has 1 amide bonds. The molecule has 2 heterocycles. The standard InChI is InChI=1S/C14H13F2N3O2/c15-10-2-1-3-11(16)12(10)13-9(6-17-18-13)14(21)19-5-4-8(20)7-19/h1-3,6,8,20H,4-5,7H2,(H,17,18)/t8-/m1/s1. The lowest BCUT2D eigenvalue weighted by Crippen LogP contribution is -2.29. The Labute approximate surface area is 119 Å². The summed E-state index contributed by atoms with van der Waals surface area (Å²) < 4.78 is 27.7. The Morgan fingerprint density at radius 3 is 2.71 bits per heavy atom. The van der Waals surface area contributed by atoms with Gasteiger partial charge in [0.25, 0.3) is 5.91 Å². The van der Waals surface area contributed by atoms with Crippen LogP contribution in [-0.2, 0) is 0 Å². The van der Waals surface area contributed by atoms with Crippen molar-refractivity contribution >= 4 is 5.91 Å². The number of rotatable bonds is 2. The number of β-amino-alcohol motifs (C(OH)–C–C–N with tert-alkyl or cyclic N) is 1. The van der Waals surface area contributed by atoms with Crippen molar-refractivity contribution in [3.8, 4) is 11.3 Å². The molecule has 0 bridgehead atoms. The van der Waals surface area contributed by atoms with E-state index in [0.29, 0.717) is 13.0 Å². The Morgan fingerprint density at radius 2 is 2.10 bits per heavy atom. The van der Waals surface area contributed by atoms with Crippen LogP contribution in [0.2, 0.25) is 0 Å². The van der Waals surface area contributed by atoms with Crippen LogP contribution in [0.3, 0.4) is 0 Å². The normalized spacial score (nSPS) is 18.2. The molecule has 21 heavy (non-hydrogen) atoms. The number of carbonyl (C=O) groups excluding carboxylic acids is 1. The maximum absolute atomic E-state index is 13.8. The van der Waals surface area contributed by atoms with Crippen LogP contribution in [0.1, 0.15) is 16.8 Å². The van der Waals surface area contributed by atoms with E-state index in [1.807, 2.05) is 0 Å². The molecule has 1 aliphatic rings. The minimum absolute atomic E-state index is 0.0111. The van der Waals surface area contributed by atoms with E-state index in [1.54, 1.807) is 0 Å². The second-order valence-electron chi connectivity index (χ2n) is 4.95. The van der Waals surface area contributed by atoms with Crippen molar-refractivity contribution in [2.75, 3.05) is 13.1 Å². The SMILES string of the molecule is O=C(c1cn[nH]c1-c1c(F)cccc1F)N1CC[C@@H](O)C1. The van der Waals surface area contributed by atoms with Gasteiger partial charge in [0.15, 0.2) is 0 Å². The molecule has 5 nitrogen and oxygen atoms in total. The van der Waals surface area contributed by atoms with E-state index in [1.165, 1.54) is 17.2 Å². The highest BCUT2D eigenvalue weighted by atomic mass is 19.1. The molecule has 1 aromatic heterocycles. The first-order valence-electron chi connectivity index (χ1n) is 6.53. The zero-order chi connectivity index (χ0) is 15.0. The topological polar surface area (TPSA) is 69.2 Å². The summed E-state index contributed by atoms with van der Waals surface area (Å²) in [5.74, 6) is -1.94. The van der Waals surface area contributed by atoms with Gasteiger partial charge < -0.3 is 10.0 Å². The highest BCUT2D eigenvalue weighted by Crippen LogP contribution is 2.28. The third kappa shape index (κ3) is 2.40. The smallest absolute Gasteiger partial charge is 0.257 e. The average Bonchev–Trinajstić information content (AvgIpc) is 3.07. The quantitative estimate of drug-likeness (QED) is 0.883. The number of nitrogens with one attached hydrogen (secondary N) is 1. The second kappa shape index (κ2) is 5.25. The fraction of sp³-hybridized carbons (Fsp3) is 0.286. The van der Waals surface area contributed by atoms with Crippen LogP contribution in [0.4, 0.5) is 8.78 Å². The lowest BCUT2D eigenvalue weighted by molar-refractivity contribution is 0.0766. The van der Waals surface area contributed by atoms with Crippen molar-refractivity contribution in [2.24, 2.45) is 0 Å². The molecule has 0 unspecified atom stereocenters. The van der Waals surface area contributed by atoms with Crippen LogP contribution >= 0.6 is 0 Å². The van der Waals surface area contributed by atoms with E-state index in [2.05, 4.69) is 10.2 Å². The number of benzene rings is 1. The Morgan fingerprint density at radius 1 is 1.38 bits per heavy atom. The predicted molar refractivity (Wildman–Crippen MR) is 70.5 cm³/mol. The number of H-pyrrole nitrogens is 1. The lowest BCUT2D eigenvalue weighted by atomic mass is 10.1. The maximum Gasteiger partial charge on any atom is 0.257 e. The van der Waals surface area contributed by atoms with E-state index in [9.17, 15) is 18.7 Å². The lowest BCUT2D eigenvalue weighted by Gasteiger charge is -2.15. The number of hydrogen-bond donors (Lipinski definition) is 2. The van der Waals surface area contributed by atoms with Gasteiger partial charge in [-0.25, -0.2) is 8.78 Å². The van der Waals surface area contributed by atoms with Gasteiger partial charge in [0.05, 0.1) is 29.1 Å². The van der Waals surface area contributed by atoms with Gasteiger partial charge in [0.1, 0.15) is 11.6 Å². The van der Waals surface area contributed by atoms with Crippen LogP contribution in [-0.4, -0.2) is 45.3 Å². The Hall–Kier alpha value is -2.28. The van der Waals surface area contributed by atoms with E-state index in [4.69, 9.17) is 0 Å². The Bertz CT molecular complexity index is 666. The Kier molecular flexibility index (Phi) is 3.42. The van der Waals surface area contributed by atoms with Crippen LogP contribution in [0.15, 0.2) is 24.4 Å². The van der Waals surface area contributed by atoms with Crippen molar-refractivity contribution in [2.45, 2.75) is 12.5 Å². The van der Waals surface area contributed by atoms with E-state index in [-0.39, 0.29) is 23.4 Å². The number of hydrogen-bond acceptors (Lipinski definition) is 3. The van der Waals surface area contributed by atoms with Gasteiger partial charge in [-0.05, 0) is 18.6 Å². The average molecular weight is 293 g/mol. The molecular weight excluding hydrogens is 280 g/mol. The molecule has 1 aromatic carbocycles. The summed E-state index contributed by atoms with van der Waals surface area (Å²) >= 11 is 0. The molecule has 1 fully saturated rings. The van der Waals surface area contributed by atoms with Crippen molar-refractivity contribution < 1.29 is 18.7 Å².